The van der Waals surface area contributed by atoms with E-state index in [9.17, 15) is 14.7 Å². The molecule has 6 nitrogen and oxygen atoms in total. The van der Waals surface area contributed by atoms with Crippen LogP contribution in [0.5, 0.6) is 5.75 Å². The van der Waals surface area contributed by atoms with Crippen LogP contribution in [0, 0.1) is 6.92 Å². The quantitative estimate of drug-likeness (QED) is 0.497. The van der Waals surface area contributed by atoms with Gasteiger partial charge in [-0.05, 0) is 42.3 Å². The molecule has 0 aliphatic heterocycles. The zero-order valence-electron chi connectivity index (χ0n) is 15.7. The van der Waals surface area contributed by atoms with Crippen molar-refractivity contribution in [2.75, 3.05) is 6.61 Å². The summed E-state index contributed by atoms with van der Waals surface area (Å²) in [6, 6.07) is 12.8. The van der Waals surface area contributed by atoms with Gasteiger partial charge in [0, 0.05) is 22.6 Å². The molecule has 0 aliphatic rings. The molecule has 3 rings (SSSR count). The number of nitrogens with zero attached hydrogens (tertiary/aromatic N) is 1. The minimum atomic E-state index is -1.32. The van der Waals surface area contributed by atoms with Crippen molar-refractivity contribution in [1.82, 2.24) is 4.57 Å². The molecule has 1 aromatic heterocycles. The Kier molecular flexibility index (Phi) is 7.55. The van der Waals surface area contributed by atoms with Gasteiger partial charge in [-0.2, -0.15) is 0 Å². The Labute approximate surface area is 189 Å². The zero-order valence-corrected chi connectivity index (χ0v) is 18.5. The van der Waals surface area contributed by atoms with Crippen LogP contribution in [-0.2, 0) is 22.6 Å². The normalized spacial score (nSPS) is 10.5. The number of ether oxygens (including phenoxy) is 1. The first-order valence-electron chi connectivity index (χ1n) is 8.33. The number of aliphatic carboxylic acids is 1. The molecule has 28 heavy (non-hydrogen) atoms. The van der Waals surface area contributed by atoms with Crippen LogP contribution in [-0.4, -0.2) is 23.1 Å². The monoisotopic (exact) mass is 408 g/mol. The van der Waals surface area contributed by atoms with Crippen molar-refractivity contribution in [2.45, 2.75) is 19.9 Å². The number of carboxylic acids is 1. The Morgan fingerprint density at radius 3 is 2.57 bits per heavy atom. The molecule has 0 unspecified atom stereocenters. The topological polar surface area (TPSA) is 97.4 Å². The summed E-state index contributed by atoms with van der Waals surface area (Å²) in [7, 11) is 0. The van der Waals surface area contributed by atoms with Crippen LogP contribution in [0.2, 0.25) is 5.02 Å². The molecular weight excluding hydrogens is 391 g/mol. The maximum absolute atomic E-state index is 11.6. The van der Waals surface area contributed by atoms with E-state index in [4.69, 9.17) is 22.1 Å². The van der Waals surface area contributed by atoms with Gasteiger partial charge in [0.1, 0.15) is 12.4 Å². The molecule has 0 saturated carbocycles. The van der Waals surface area contributed by atoms with E-state index in [1.165, 1.54) is 0 Å². The Balaban J connectivity index is 0.00000280. The van der Waals surface area contributed by atoms with E-state index in [1.807, 2.05) is 35.8 Å². The Bertz CT molecular complexity index is 1030. The van der Waals surface area contributed by atoms with Crippen molar-refractivity contribution >= 4 is 34.4 Å². The molecule has 3 aromatic rings. The van der Waals surface area contributed by atoms with Crippen molar-refractivity contribution < 1.29 is 49.0 Å². The van der Waals surface area contributed by atoms with Crippen LogP contribution in [0.1, 0.15) is 16.8 Å². The molecule has 0 bridgehead atoms. The van der Waals surface area contributed by atoms with Gasteiger partial charge in [-0.1, -0.05) is 29.8 Å². The van der Waals surface area contributed by atoms with Crippen LogP contribution in [0.4, 0.5) is 0 Å². The number of nitrogens with two attached hydrogens (primary N) is 1. The number of halogens is 1. The number of rotatable bonds is 7. The predicted octanol–water partition coefficient (Wildman–Crippen LogP) is -1.19. The van der Waals surface area contributed by atoms with E-state index in [-0.39, 0.29) is 36.0 Å². The third kappa shape index (κ3) is 4.89. The number of benzene rings is 2. The average Bonchev–Trinajstić information content (AvgIpc) is 2.86. The predicted molar refractivity (Wildman–Crippen MR) is 101 cm³/mol. The molecule has 140 valence electrons. The standard InChI is InChI=1S/C20H19ClN2O4.Na/c1-12-15(9-18(22)24)20-16(6-3-7-17(20)27-11-19(25)26)23(12)10-13-4-2-5-14(21)8-13;/h2-8H,9-11H2,1H3,(H2,22,24)(H,25,26);/q;+1/p-1. The fraction of sp³-hybridized carbons (Fsp3) is 0.200. The van der Waals surface area contributed by atoms with E-state index in [1.54, 1.807) is 18.2 Å². The van der Waals surface area contributed by atoms with Crippen LogP contribution in [0.3, 0.4) is 0 Å². The average molecular weight is 409 g/mol. The Hall–Kier alpha value is -1.99. The van der Waals surface area contributed by atoms with Crippen LogP contribution < -0.4 is 45.1 Å². The van der Waals surface area contributed by atoms with Crippen molar-refractivity contribution in [2.24, 2.45) is 5.73 Å². The van der Waals surface area contributed by atoms with Gasteiger partial charge >= 0.3 is 29.6 Å². The van der Waals surface area contributed by atoms with Crippen LogP contribution in [0.15, 0.2) is 42.5 Å². The van der Waals surface area contributed by atoms with Gasteiger partial charge in [-0.15, -0.1) is 0 Å². The second kappa shape index (κ2) is 9.47. The summed E-state index contributed by atoms with van der Waals surface area (Å²) in [4.78, 5) is 22.4. The number of fused-ring (bicyclic) bond motifs is 1. The molecule has 1 heterocycles. The van der Waals surface area contributed by atoms with Gasteiger partial charge in [0.15, 0.2) is 0 Å². The van der Waals surface area contributed by atoms with Crippen LogP contribution >= 0.6 is 11.6 Å². The maximum atomic E-state index is 11.6. The molecule has 0 fully saturated rings. The van der Waals surface area contributed by atoms with Gasteiger partial charge in [0.25, 0.3) is 0 Å². The zero-order chi connectivity index (χ0) is 19.6. The van der Waals surface area contributed by atoms with Gasteiger partial charge in [-0.25, -0.2) is 0 Å². The van der Waals surface area contributed by atoms with Crippen molar-refractivity contribution in [3.8, 4) is 5.75 Å². The number of hydrogen-bond donors (Lipinski definition) is 1. The van der Waals surface area contributed by atoms with E-state index in [0.717, 1.165) is 16.8 Å². The fourth-order valence-corrected chi connectivity index (χ4v) is 3.45. The van der Waals surface area contributed by atoms with Crippen molar-refractivity contribution in [3.63, 3.8) is 0 Å². The molecule has 1 amide bonds. The fourth-order valence-electron chi connectivity index (χ4n) is 3.24. The molecule has 2 N–H and O–H groups in total. The van der Waals surface area contributed by atoms with E-state index < -0.39 is 18.5 Å². The van der Waals surface area contributed by atoms with Crippen molar-refractivity contribution in [1.29, 1.82) is 0 Å². The number of aromatic nitrogens is 1. The Morgan fingerprint density at radius 2 is 1.93 bits per heavy atom. The number of carbonyl (C=O) groups excluding carboxylic acids is 2. The smallest absolute Gasteiger partial charge is 0.546 e. The first-order chi connectivity index (χ1) is 12.9. The summed E-state index contributed by atoms with van der Waals surface area (Å²) in [5, 5.41) is 12.1. The van der Waals surface area contributed by atoms with E-state index in [0.29, 0.717) is 28.3 Å². The third-order valence-corrected chi connectivity index (χ3v) is 4.60. The molecule has 2 aromatic carbocycles. The summed E-state index contributed by atoms with van der Waals surface area (Å²) < 4.78 is 7.42. The second-order valence-electron chi connectivity index (χ2n) is 6.23. The molecule has 8 heteroatoms. The summed E-state index contributed by atoms with van der Waals surface area (Å²) in [5.74, 6) is -1.42. The summed E-state index contributed by atoms with van der Waals surface area (Å²) in [6.07, 6.45) is 0.0244. The molecule has 0 atom stereocenters. The summed E-state index contributed by atoms with van der Waals surface area (Å²) >= 11 is 6.09. The third-order valence-electron chi connectivity index (χ3n) is 4.36. The molecule has 0 aliphatic carbocycles. The molecule has 0 radical (unpaired) electrons. The first-order valence-corrected chi connectivity index (χ1v) is 8.70. The van der Waals surface area contributed by atoms with Crippen molar-refractivity contribution in [3.05, 3.63) is 64.3 Å². The van der Waals surface area contributed by atoms with E-state index >= 15 is 0 Å². The summed E-state index contributed by atoms with van der Waals surface area (Å²) in [6.45, 7) is 1.85. The van der Waals surface area contributed by atoms with Gasteiger partial charge in [0.2, 0.25) is 5.91 Å². The number of hydrogen-bond acceptors (Lipinski definition) is 4. The Morgan fingerprint density at radius 1 is 1.21 bits per heavy atom. The maximum Gasteiger partial charge on any atom is 1.00 e. The molecule has 0 saturated heterocycles. The van der Waals surface area contributed by atoms with Gasteiger partial charge < -0.3 is 24.9 Å². The largest absolute Gasteiger partial charge is 1.00 e. The summed E-state index contributed by atoms with van der Waals surface area (Å²) in [5.41, 5.74) is 8.81. The molecular formula is C20H18ClN2NaO4. The second-order valence-corrected chi connectivity index (χ2v) is 6.67. The minimum absolute atomic E-state index is 0. The number of primary amides is 1. The molecule has 0 spiro atoms. The van der Waals surface area contributed by atoms with Crippen LogP contribution in [0.25, 0.3) is 10.9 Å². The number of carboxylic acid groups (broad SMARTS) is 1. The number of amides is 1. The number of carbonyl (C=O) groups is 2. The van der Waals surface area contributed by atoms with Gasteiger partial charge in [-0.3, -0.25) is 4.79 Å². The first kappa shape index (κ1) is 22.3. The SMILES string of the molecule is Cc1c(CC(N)=O)c2c(OCC(=O)[O-])cccc2n1Cc1cccc(Cl)c1.[Na+]. The van der Waals surface area contributed by atoms with E-state index in [2.05, 4.69) is 0 Å². The minimum Gasteiger partial charge on any atom is -0.546 e. The van der Waals surface area contributed by atoms with Gasteiger partial charge in [0.05, 0.1) is 17.9 Å².